The molecule has 0 radical (unpaired) electrons. The maximum Gasteiger partial charge on any atom is 0.0852 e. The second kappa shape index (κ2) is 8.15. The van der Waals surface area contributed by atoms with Gasteiger partial charge in [0, 0.05) is 5.02 Å². The van der Waals surface area contributed by atoms with Crippen LogP contribution in [0.15, 0.2) is 54.6 Å². The molecule has 2 aromatic rings. The Bertz CT molecular complexity index is 661. The number of benzene rings is 2. The molecule has 0 aliphatic heterocycles. The first-order valence-corrected chi connectivity index (χ1v) is 8.30. The molecule has 0 fully saturated rings. The number of halogens is 1. The van der Waals surface area contributed by atoms with Crippen molar-refractivity contribution >= 4 is 11.6 Å². The van der Waals surface area contributed by atoms with E-state index in [4.69, 9.17) is 11.6 Å². The molecular weight excluding hydrogens is 304 g/mol. The van der Waals surface area contributed by atoms with Crippen molar-refractivity contribution in [3.8, 4) is 6.07 Å². The molecule has 1 unspecified atom stereocenters. The summed E-state index contributed by atoms with van der Waals surface area (Å²) in [5.74, 6) is 0. The van der Waals surface area contributed by atoms with Crippen LogP contribution >= 0.6 is 11.6 Å². The molecule has 0 aromatic heterocycles. The number of hydrogen-bond acceptors (Lipinski definition) is 2. The lowest BCUT2D eigenvalue weighted by Crippen LogP contribution is -2.30. The van der Waals surface area contributed by atoms with Crippen molar-refractivity contribution < 1.29 is 0 Å². The van der Waals surface area contributed by atoms with Gasteiger partial charge in [0.05, 0.1) is 11.5 Å². The van der Waals surface area contributed by atoms with E-state index < -0.39 is 5.41 Å². The largest absolute Gasteiger partial charge is 0.309 e. The van der Waals surface area contributed by atoms with E-state index in [2.05, 4.69) is 23.1 Å². The van der Waals surface area contributed by atoms with Gasteiger partial charge in [-0.1, -0.05) is 60.1 Å². The molecule has 0 bridgehead atoms. The van der Waals surface area contributed by atoms with E-state index in [1.54, 1.807) is 0 Å². The Morgan fingerprint density at radius 1 is 1.00 bits per heavy atom. The molecule has 0 N–H and O–H groups in total. The van der Waals surface area contributed by atoms with Gasteiger partial charge in [-0.05, 0) is 57.1 Å². The lowest BCUT2D eigenvalue weighted by molar-refractivity contribution is 0.342. The zero-order valence-corrected chi connectivity index (χ0v) is 14.6. The van der Waals surface area contributed by atoms with Crippen molar-refractivity contribution in [2.24, 2.45) is 0 Å². The summed E-state index contributed by atoms with van der Waals surface area (Å²) < 4.78 is 0. The first kappa shape index (κ1) is 17.5. The van der Waals surface area contributed by atoms with Gasteiger partial charge in [0.1, 0.15) is 0 Å². The summed E-state index contributed by atoms with van der Waals surface area (Å²) >= 11 is 6.42. The van der Waals surface area contributed by atoms with Crippen molar-refractivity contribution in [2.45, 2.75) is 24.7 Å². The zero-order valence-electron chi connectivity index (χ0n) is 13.8. The van der Waals surface area contributed by atoms with Crippen molar-refractivity contribution in [3.05, 3.63) is 70.7 Å². The highest BCUT2D eigenvalue weighted by molar-refractivity contribution is 6.31. The summed E-state index contributed by atoms with van der Waals surface area (Å²) in [5, 5.41) is 10.7. The van der Waals surface area contributed by atoms with E-state index in [1.807, 2.05) is 56.6 Å². The normalized spacial score (nSPS) is 13.5. The highest BCUT2D eigenvalue weighted by Crippen LogP contribution is 2.37. The lowest BCUT2D eigenvalue weighted by Gasteiger charge is -2.29. The topological polar surface area (TPSA) is 27.0 Å². The Morgan fingerprint density at radius 2 is 1.65 bits per heavy atom. The predicted octanol–water partition coefficient (Wildman–Crippen LogP) is 4.69. The van der Waals surface area contributed by atoms with Gasteiger partial charge in [0.15, 0.2) is 0 Å². The average molecular weight is 327 g/mol. The van der Waals surface area contributed by atoms with Gasteiger partial charge >= 0.3 is 0 Å². The van der Waals surface area contributed by atoms with Crippen LogP contribution in [0.5, 0.6) is 0 Å². The zero-order chi connectivity index (χ0) is 16.7. The van der Waals surface area contributed by atoms with Crippen molar-refractivity contribution in [3.63, 3.8) is 0 Å². The maximum absolute atomic E-state index is 10.0. The van der Waals surface area contributed by atoms with E-state index in [9.17, 15) is 5.26 Å². The Labute approximate surface area is 144 Å². The lowest BCUT2D eigenvalue weighted by atomic mass is 9.74. The van der Waals surface area contributed by atoms with Gasteiger partial charge in [0.2, 0.25) is 0 Å². The first-order valence-electron chi connectivity index (χ1n) is 7.92. The molecule has 2 rings (SSSR count). The fourth-order valence-electron chi connectivity index (χ4n) is 2.83. The van der Waals surface area contributed by atoms with Gasteiger partial charge in [-0.2, -0.15) is 5.26 Å². The van der Waals surface area contributed by atoms with Crippen molar-refractivity contribution in [1.82, 2.24) is 4.90 Å². The molecule has 120 valence electrons. The predicted molar refractivity (Wildman–Crippen MR) is 96.7 cm³/mol. The fraction of sp³-hybridized carbons (Fsp3) is 0.350. The monoisotopic (exact) mass is 326 g/mol. The molecule has 2 nitrogen and oxygen atoms in total. The Balaban J connectivity index is 2.30. The highest BCUT2D eigenvalue weighted by Gasteiger charge is 2.33. The second-order valence-electron chi connectivity index (χ2n) is 6.21. The van der Waals surface area contributed by atoms with E-state index in [-0.39, 0.29) is 0 Å². The minimum Gasteiger partial charge on any atom is -0.309 e. The Morgan fingerprint density at radius 3 is 2.26 bits per heavy atom. The fourth-order valence-corrected chi connectivity index (χ4v) is 3.15. The minimum atomic E-state index is -0.557. The number of rotatable bonds is 7. The number of nitriles is 1. The van der Waals surface area contributed by atoms with Gasteiger partial charge in [0.25, 0.3) is 0 Å². The molecule has 0 aliphatic rings. The SMILES string of the molecule is CN(C)CCC(C#N)(CCc1ccccc1)c1ccccc1Cl. The van der Waals surface area contributed by atoms with Crippen LogP contribution in [-0.2, 0) is 11.8 Å². The van der Waals surface area contributed by atoms with Crippen LogP contribution in [0.25, 0.3) is 0 Å². The molecular formula is C20H23ClN2. The third-order valence-corrected chi connectivity index (χ3v) is 4.60. The van der Waals surface area contributed by atoms with Crippen LogP contribution < -0.4 is 0 Å². The molecule has 2 aromatic carbocycles. The van der Waals surface area contributed by atoms with Crippen molar-refractivity contribution in [2.75, 3.05) is 20.6 Å². The summed E-state index contributed by atoms with van der Waals surface area (Å²) in [6, 6.07) is 20.7. The van der Waals surface area contributed by atoms with Crippen LogP contribution in [0.2, 0.25) is 5.02 Å². The Kier molecular flexibility index (Phi) is 6.21. The van der Waals surface area contributed by atoms with Crippen LogP contribution in [0.1, 0.15) is 24.0 Å². The molecule has 0 saturated heterocycles. The summed E-state index contributed by atoms with van der Waals surface area (Å²) in [6.07, 6.45) is 2.41. The van der Waals surface area contributed by atoms with Gasteiger partial charge in [-0.25, -0.2) is 0 Å². The molecule has 0 heterocycles. The molecule has 0 aliphatic carbocycles. The second-order valence-corrected chi connectivity index (χ2v) is 6.62. The Hall–Kier alpha value is -1.82. The van der Waals surface area contributed by atoms with E-state index in [1.165, 1.54) is 5.56 Å². The maximum atomic E-state index is 10.0. The van der Waals surface area contributed by atoms with E-state index in [0.29, 0.717) is 5.02 Å². The smallest absolute Gasteiger partial charge is 0.0852 e. The highest BCUT2D eigenvalue weighted by atomic mass is 35.5. The minimum absolute atomic E-state index is 0.557. The summed E-state index contributed by atoms with van der Waals surface area (Å²) in [7, 11) is 4.07. The number of hydrogen-bond donors (Lipinski definition) is 0. The van der Waals surface area contributed by atoms with Gasteiger partial charge < -0.3 is 4.90 Å². The van der Waals surface area contributed by atoms with Gasteiger partial charge in [-0.15, -0.1) is 0 Å². The third kappa shape index (κ3) is 4.58. The van der Waals surface area contributed by atoms with Crippen LogP contribution in [-0.4, -0.2) is 25.5 Å². The molecule has 0 saturated carbocycles. The standard InChI is InChI=1S/C20H23ClN2/c1-23(2)15-14-20(16-22,18-10-6-7-11-19(18)21)13-12-17-8-4-3-5-9-17/h3-11H,12-15H2,1-2H3. The summed E-state index contributed by atoms with van der Waals surface area (Å²) in [6.45, 7) is 0.855. The van der Waals surface area contributed by atoms with Crippen LogP contribution in [0.3, 0.4) is 0 Å². The summed E-state index contributed by atoms with van der Waals surface area (Å²) in [4.78, 5) is 2.12. The quantitative estimate of drug-likeness (QED) is 0.738. The molecule has 23 heavy (non-hydrogen) atoms. The number of aryl methyl sites for hydroxylation is 1. The third-order valence-electron chi connectivity index (χ3n) is 4.27. The van der Waals surface area contributed by atoms with Gasteiger partial charge in [-0.3, -0.25) is 0 Å². The van der Waals surface area contributed by atoms with E-state index >= 15 is 0 Å². The van der Waals surface area contributed by atoms with Crippen LogP contribution in [0, 0.1) is 11.3 Å². The van der Waals surface area contributed by atoms with E-state index in [0.717, 1.165) is 31.4 Å². The summed E-state index contributed by atoms with van der Waals surface area (Å²) in [5.41, 5.74) is 1.64. The van der Waals surface area contributed by atoms with Crippen LogP contribution in [0.4, 0.5) is 0 Å². The molecule has 0 amide bonds. The number of nitrogens with zero attached hydrogens (tertiary/aromatic N) is 2. The molecule has 0 spiro atoms. The molecule has 3 heteroatoms. The first-order chi connectivity index (χ1) is 11.1. The average Bonchev–Trinajstić information content (AvgIpc) is 2.57. The molecule has 1 atom stereocenters. The van der Waals surface area contributed by atoms with Crippen molar-refractivity contribution in [1.29, 1.82) is 5.26 Å².